The van der Waals surface area contributed by atoms with Crippen LogP contribution in [0.1, 0.15) is 19.4 Å². The Bertz CT molecular complexity index is 497. The standard InChI is InChI=1S/C13H13N/c1-4-13(2,3)11-6-5-10-7-8-14-12(10)9-11/h1,5-9,14H,2-3H3. The Labute approximate surface area is 84.1 Å². The smallest absolute Gasteiger partial charge is 0.0504 e. The van der Waals surface area contributed by atoms with Crippen molar-refractivity contribution in [3.63, 3.8) is 0 Å². The molecule has 0 unspecified atom stereocenters. The quantitative estimate of drug-likeness (QED) is 0.654. The summed E-state index contributed by atoms with van der Waals surface area (Å²) < 4.78 is 0. The lowest BCUT2D eigenvalue weighted by Crippen LogP contribution is -2.13. The van der Waals surface area contributed by atoms with Gasteiger partial charge in [0.25, 0.3) is 0 Å². The van der Waals surface area contributed by atoms with Crippen LogP contribution in [0.15, 0.2) is 30.5 Å². The van der Waals surface area contributed by atoms with E-state index in [9.17, 15) is 0 Å². The minimum atomic E-state index is -0.195. The van der Waals surface area contributed by atoms with E-state index < -0.39 is 0 Å². The van der Waals surface area contributed by atoms with Crippen molar-refractivity contribution in [3.8, 4) is 12.3 Å². The van der Waals surface area contributed by atoms with Gasteiger partial charge in [0.05, 0.1) is 5.41 Å². The van der Waals surface area contributed by atoms with Gasteiger partial charge in [-0.25, -0.2) is 0 Å². The zero-order valence-corrected chi connectivity index (χ0v) is 8.46. The summed E-state index contributed by atoms with van der Waals surface area (Å²) in [7, 11) is 0. The van der Waals surface area contributed by atoms with Crippen LogP contribution in [0.4, 0.5) is 0 Å². The molecule has 0 aliphatic carbocycles. The van der Waals surface area contributed by atoms with Gasteiger partial charge in [-0.1, -0.05) is 18.1 Å². The van der Waals surface area contributed by atoms with Crippen molar-refractivity contribution in [2.24, 2.45) is 0 Å². The molecule has 0 aliphatic heterocycles. The van der Waals surface area contributed by atoms with E-state index in [1.165, 1.54) is 10.9 Å². The van der Waals surface area contributed by atoms with Gasteiger partial charge < -0.3 is 4.98 Å². The molecule has 0 amide bonds. The number of terminal acetylenes is 1. The van der Waals surface area contributed by atoms with E-state index in [0.29, 0.717) is 0 Å². The maximum absolute atomic E-state index is 5.50. The predicted molar refractivity (Wildman–Crippen MR) is 60.2 cm³/mol. The Morgan fingerprint density at radius 1 is 1.29 bits per heavy atom. The third-order valence-corrected chi connectivity index (χ3v) is 2.64. The highest BCUT2D eigenvalue weighted by atomic mass is 14.7. The van der Waals surface area contributed by atoms with Crippen molar-refractivity contribution in [2.75, 3.05) is 0 Å². The number of rotatable bonds is 1. The third-order valence-electron chi connectivity index (χ3n) is 2.64. The second-order valence-corrected chi connectivity index (χ2v) is 4.05. The summed E-state index contributed by atoms with van der Waals surface area (Å²) in [6.07, 6.45) is 7.44. The maximum atomic E-state index is 5.50. The molecule has 1 aromatic heterocycles. The summed E-state index contributed by atoms with van der Waals surface area (Å²) in [5, 5.41) is 1.22. The van der Waals surface area contributed by atoms with Gasteiger partial charge in [0.15, 0.2) is 0 Å². The summed E-state index contributed by atoms with van der Waals surface area (Å²) in [6.45, 7) is 4.11. The minimum absolute atomic E-state index is 0.195. The second-order valence-electron chi connectivity index (χ2n) is 4.05. The van der Waals surface area contributed by atoms with Gasteiger partial charge in [-0.3, -0.25) is 0 Å². The average molecular weight is 183 g/mol. The number of benzene rings is 1. The lowest BCUT2D eigenvalue weighted by atomic mass is 9.85. The Balaban J connectivity index is 2.61. The van der Waals surface area contributed by atoms with Gasteiger partial charge in [-0.2, -0.15) is 0 Å². The molecule has 70 valence electrons. The molecule has 0 saturated heterocycles. The van der Waals surface area contributed by atoms with Crippen LogP contribution in [0.25, 0.3) is 10.9 Å². The van der Waals surface area contributed by atoms with Crippen LogP contribution in [0, 0.1) is 12.3 Å². The number of hydrogen-bond acceptors (Lipinski definition) is 0. The first-order valence-corrected chi connectivity index (χ1v) is 4.69. The summed E-state index contributed by atoms with van der Waals surface area (Å²) >= 11 is 0. The highest BCUT2D eigenvalue weighted by Gasteiger charge is 2.17. The van der Waals surface area contributed by atoms with Crippen LogP contribution < -0.4 is 0 Å². The molecule has 1 heterocycles. The summed E-state index contributed by atoms with van der Waals surface area (Å²) in [6, 6.07) is 8.37. The molecular formula is C13H13N. The van der Waals surface area contributed by atoms with E-state index in [-0.39, 0.29) is 5.41 Å². The van der Waals surface area contributed by atoms with Crippen LogP contribution in [0.5, 0.6) is 0 Å². The van der Waals surface area contributed by atoms with Crippen LogP contribution in [0.2, 0.25) is 0 Å². The van der Waals surface area contributed by atoms with Crippen molar-refractivity contribution in [2.45, 2.75) is 19.3 Å². The van der Waals surface area contributed by atoms with Gasteiger partial charge in [0.1, 0.15) is 0 Å². The monoisotopic (exact) mass is 183 g/mol. The molecule has 0 saturated carbocycles. The number of H-pyrrole nitrogens is 1. The first kappa shape index (κ1) is 8.90. The van der Waals surface area contributed by atoms with E-state index >= 15 is 0 Å². The van der Waals surface area contributed by atoms with Gasteiger partial charge in [0.2, 0.25) is 0 Å². The van der Waals surface area contributed by atoms with Gasteiger partial charge in [-0.15, -0.1) is 6.42 Å². The Morgan fingerprint density at radius 2 is 2.07 bits per heavy atom. The predicted octanol–water partition coefficient (Wildman–Crippen LogP) is 3.08. The first-order chi connectivity index (χ1) is 6.63. The zero-order chi connectivity index (χ0) is 10.2. The maximum Gasteiger partial charge on any atom is 0.0504 e. The van der Waals surface area contributed by atoms with E-state index in [2.05, 4.69) is 49.0 Å². The van der Waals surface area contributed by atoms with E-state index in [0.717, 1.165) is 5.52 Å². The van der Waals surface area contributed by atoms with E-state index in [1.807, 2.05) is 6.20 Å². The van der Waals surface area contributed by atoms with Crippen molar-refractivity contribution < 1.29 is 0 Å². The molecule has 14 heavy (non-hydrogen) atoms. The molecule has 1 aromatic carbocycles. The summed E-state index contributed by atoms with van der Waals surface area (Å²) in [4.78, 5) is 3.19. The molecule has 0 atom stereocenters. The molecule has 0 fully saturated rings. The molecule has 0 radical (unpaired) electrons. The van der Waals surface area contributed by atoms with Gasteiger partial charge in [-0.05, 0) is 36.9 Å². The lowest BCUT2D eigenvalue weighted by Gasteiger charge is -2.17. The van der Waals surface area contributed by atoms with Crippen molar-refractivity contribution in [1.82, 2.24) is 4.98 Å². The molecule has 0 spiro atoms. The van der Waals surface area contributed by atoms with Crippen LogP contribution >= 0.6 is 0 Å². The number of fused-ring (bicyclic) bond motifs is 1. The SMILES string of the molecule is C#CC(C)(C)c1ccc2cc[nH]c2c1. The zero-order valence-electron chi connectivity index (χ0n) is 8.46. The highest BCUT2D eigenvalue weighted by molar-refractivity contribution is 5.80. The minimum Gasteiger partial charge on any atom is -0.361 e. The molecule has 2 rings (SSSR count). The van der Waals surface area contributed by atoms with Gasteiger partial charge in [0, 0.05) is 11.7 Å². The molecule has 0 aliphatic rings. The molecule has 1 heteroatoms. The topological polar surface area (TPSA) is 15.8 Å². The Hall–Kier alpha value is -1.68. The van der Waals surface area contributed by atoms with Crippen molar-refractivity contribution >= 4 is 10.9 Å². The third kappa shape index (κ3) is 1.29. The average Bonchev–Trinajstić information content (AvgIpc) is 2.64. The molecule has 2 aromatic rings. The molecular weight excluding hydrogens is 170 g/mol. The van der Waals surface area contributed by atoms with E-state index in [4.69, 9.17) is 6.42 Å². The Kier molecular flexibility index (Phi) is 1.86. The van der Waals surface area contributed by atoms with Crippen molar-refractivity contribution in [3.05, 3.63) is 36.0 Å². The van der Waals surface area contributed by atoms with E-state index in [1.54, 1.807) is 0 Å². The summed E-state index contributed by atoms with van der Waals surface area (Å²) in [5.74, 6) is 2.80. The van der Waals surface area contributed by atoms with Crippen molar-refractivity contribution in [1.29, 1.82) is 0 Å². The normalized spacial score (nSPS) is 11.5. The fraction of sp³-hybridized carbons (Fsp3) is 0.231. The lowest BCUT2D eigenvalue weighted by molar-refractivity contribution is 0.700. The largest absolute Gasteiger partial charge is 0.361 e. The molecule has 1 N–H and O–H groups in total. The second kappa shape index (κ2) is 2.92. The fourth-order valence-corrected chi connectivity index (χ4v) is 1.52. The molecule has 1 nitrogen and oxygen atoms in total. The fourth-order valence-electron chi connectivity index (χ4n) is 1.52. The van der Waals surface area contributed by atoms with Gasteiger partial charge >= 0.3 is 0 Å². The highest BCUT2D eigenvalue weighted by Crippen LogP contribution is 2.25. The Morgan fingerprint density at radius 3 is 2.79 bits per heavy atom. The first-order valence-electron chi connectivity index (χ1n) is 4.69. The molecule has 0 bridgehead atoms. The van der Waals surface area contributed by atoms with Crippen LogP contribution in [-0.2, 0) is 5.41 Å². The van der Waals surface area contributed by atoms with Crippen LogP contribution in [0.3, 0.4) is 0 Å². The summed E-state index contributed by atoms with van der Waals surface area (Å²) in [5.41, 5.74) is 2.13. The number of hydrogen-bond donors (Lipinski definition) is 1. The van der Waals surface area contributed by atoms with Crippen LogP contribution in [-0.4, -0.2) is 4.98 Å². The number of nitrogens with one attached hydrogen (secondary N) is 1. The number of aromatic amines is 1. The number of aromatic nitrogens is 1.